The van der Waals surface area contributed by atoms with Crippen molar-refractivity contribution in [3.05, 3.63) is 35.9 Å². The summed E-state index contributed by atoms with van der Waals surface area (Å²) < 4.78 is 0. The summed E-state index contributed by atoms with van der Waals surface area (Å²) in [5, 5.41) is 2.88. The van der Waals surface area contributed by atoms with Gasteiger partial charge in [0, 0.05) is 26.9 Å². The second-order valence-electron chi connectivity index (χ2n) is 6.00. The summed E-state index contributed by atoms with van der Waals surface area (Å²) in [6, 6.07) is 9.23. The average Bonchev–Trinajstić information content (AvgIpc) is 2.54. The maximum absolute atomic E-state index is 12.3. The third kappa shape index (κ3) is 8.89. The van der Waals surface area contributed by atoms with Crippen LogP contribution in [0.25, 0.3) is 0 Å². The molecule has 0 saturated carbocycles. The monoisotopic (exact) mass is 355 g/mol. The Morgan fingerprint density at radius 1 is 1.08 bits per heavy atom. The number of rotatable bonds is 10. The molecule has 0 aliphatic heterocycles. The van der Waals surface area contributed by atoms with Crippen molar-refractivity contribution in [2.24, 2.45) is 5.73 Å². The number of benzene rings is 1. The molecule has 0 radical (unpaired) electrons. The number of nitrogens with one attached hydrogen (secondary N) is 1. The number of halogens is 1. The second-order valence-corrected chi connectivity index (χ2v) is 6.00. The molecule has 0 bridgehead atoms. The molecule has 0 aromatic heterocycles. The number of amides is 2. The minimum atomic E-state index is -0.510. The van der Waals surface area contributed by atoms with Crippen molar-refractivity contribution in [1.82, 2.24) is 10.2 Å². The lowest BCUT2D eigenvalue weighted by Crippen LogP contribution is -2.47. The number of unbranched alkanes of at least 4 members (excludes halogenated alkanes) is 3. The first-order valence-electron chi connectivity index (χ1n) is 8.29. The third-order valence-electron chi connectivity index (χ3n) is 3.71. The molecule has 0 aliphatic carbocycles. The molecule has 1 rings (SSSR count). The van der Waals surface area contributed by atoms with E-state index >= 15 is 0 Å². The van der Waals surface area contributed by atoms with E-state index in [2.05, 4.69) is 5.32 Å². The van der Waals surface area contributed by atoms with Gasteiger partial charge in [0.1, 0.15) is 6.04 Å². The summed E-state index contributed by atoms with van der Waals surface area (Å²) in [6.07, 6.45) is 4.84. The van der Waals surface area contributed by atoms with Gasteiger partial charge in [-0.1, -0.05) is 43.2 Å². The summed E-state index contributed by atoms with van der Waals surface area (Å²) in [4.78, 5) is 25.9. The molecule has 0 spiro atoms. The predicted octanol–water partition coefficient (Wildman–Crippen LogP) is 2.13. The molecule has 136 valence electrons. The Balaban J connectivity index is 0.00000529. The van der Waals surface area contributed by atoms with E-state index in [4.69, 9.17) is 5.73 Å². The van der Waals surface area contributed by atoms with Gasteiger partial charge in [-0.2, -0.15) is 0 Å². The number of carbonyl (C=O) groups is 2. The summed E-state index contributed by atoms with van der Waals surface area (Å²) >= 11 is 0. The van der Waals surface area contributed by atoms with E-state index in [1.807, 2.05) is 30.3 Å². The lowest BCUT2D eigenvalue weighted by molar-refractivity contribution is -0.134. The molecule has 1 atom stereocenters. The Morgan fingerprint density at radius 2 is 1.71 bits per heavy atom. The number of hydrogen-bond donors (Lipinski definition) is 2. The normalized spacial score (nSPS) is 11.3. The number of nitrogens with two attached hydrogens (primary N) is 1. The fourth-order valence-corrected chi connectivity index (χ4v) is 2.41. The van der Waals surface area contributed by atoms with Gasteiger partial charge in [0.2, 0.25) is 11.8 Å². The highest BCUT2D eigenvalue weighted by molar-refractivity contribution is 5.87. The van der Waals surface area contributed by atoms with E-state index < -0.39 is 6.04 Å². The zero-order valence-corrected chi connectivity index (χ0v) is 15.5. The SMILES string of the molecule is CN(C)C(=O)C(Cc1ccccc1)NC(=O)CCCCCCN.Cl. The molecule has 0 fully saturated rings. The molecule has 1 unspecified atom stereocenters. The van der Waals surface area contributed by atoms with Crippen LogP contribution in [-0.4, -0.2) is 43.4 Å². The van der Waals surface area contributed by atoms with E-state index in [9.17, 15) is 9.59 Å². The largest absolute Gasteiger partial charge is 0.347 e. The molecule has 1 aromatic rings. The van der Waals surface area contributed by atoms with Gasteiger partial charge in [-0.05, 0) is 24.9 Å². The van der Waals surface area contributed by atoms with Crippen LogP contribution < -0.4 is 11.1 Å². The molecule has 6 heteroatoms. The molecule has 0 heterocycles. The quantitative estimate of drug-likeness (QED) is 0.631. The molecular formula is C18H30ClN3O2. The Morgan fingerprint density at radius 3 is 2.29 bits per heavy atom. The Bertz CT molecular complexity index is 480. The molecule has 0 saturated heterocycles. The van der Waals surface area contributed by atoms with Crippen molar-refractivity contribution >= 4 is 24.2 Å². The number of likely N-dealkylation sites (N-methyl/N-ethyl adjacent to an activating group) is 1. The Labute approximate surface area is 151 Å². The number of carbonyl (C=O) groups excluding carboxylic acids is 2. The van der Waals surface area contributed by atoms with Crippen molar-refractivity contribution in [1.29, 1.82) is 0 Å². The van der Waals surface area contributed by atoms with Crippen molar-refractivity contribution in [2.45, 2.75) is 44.6 Å². The fraction of sp³-hybridized carbons (Fsp3) is 0.556. The molecule has 24 heavy (non-hydrogen) atoms. The van der Waals surface area contributed by atoms with Crippen LogP contribution in [0.5, 0.6) is 0 Å². The first kappa shape index (κ1) is 22.4. The predicted molar refractivity (Wildman–Crippen MR) is 100 cm³/mol. The smallest absolute Gasteiger partial charge is 0.244 e. The highest BCUT2D eigenvalue weighted by Crippen LogP contribution is 2.07. The molecule has 3 N–H and O–H groups in total. The lowest BCUT2D eigenvalue weighted by Gasteiger charge is -2.22. The number of nitrogens with zero attached hydrogens (tertiary/aromatic N) is 1. The van der Waals surface area contributed by atoms with E-state index in [0.717, 1.165) is 31.2 Å². The highest BCUT2D eigenvalue weighted by Gasteiger charge is 2.22. The van der Waals surface area contributed by atoms with Crippen molar-refractivity contribution < 1.29 is 9.59 Å². The third-order valence-corrected chi connectivity index (χ3v) is 3.71. The van der Waals surface area contributed by atoms with E-state index in [0.29, 0.717) is 19.4 Å². The van der Waals surface area contributed by atoms with Gasteiger partial charge >= 0.3 is 0 Å². The molecular weight excluding hydrogens is 326 g/mol. The van der Waals surface area contributed by atoms with Crippen LogP contribution in [0.3, 0.4) is 0 Å². The van der Waals surface area contributed by atoms with E-state index in [1.165, 1.54) is 4.90 Å². The van der Waals surface area contributed by atoms with Gasteiger partial charge in [-0.25, -0.2) is 0 Å². The van der Waals surface area contributed by atoms with Crippen LogP contribution in [-0.2, 0) is 16.0 Å². The molecule has 5 nitrogen and oxygen atoms in total. The van der Waals surface area contributed by atoms with Gasteiger partial charge < -0.3 is 16.0 Å². The van der Waals surface area contributed by atoms with Crippen LogP contribution >= 0.6 is 12.4 Å². The van der Waals surface area contributed by atoms with Gasteiger partial charge in [-0.3, -0.25) is 9.59 Å². The van der Waals surface area contributed by atoms with Crippen LogP contribution in [0, 0.1) is 0 Å². The van der Waals surface area contributed by atoms with E-state index in [-0.39, 0.29) is 24.2 Å². The molecule has 2 amide bonds. The standard InChI is InChI=1S/C18H29N3O2.ClH/c1-21(2)18(23)16(14-15-10-6-5-7-11-15)20-17(22)12-8-3-4-9-13-19;/h5-7,10-11,16H,3-4,8-9,12-14,19H2,1-2H3,(H,20,22);1H. The summed E-state index contributed by atoms with van der Waals surface area (Å²) in [7, 11) is 3.42. The lowest BCUT2D eigenvalue weighted by atomic mass is 10.0. The van der Waals surface area contributed by atoms with Crippen molar-refractivity contribution in [2.75, 3.05) is 20.6 Å². The summed E-state index contributed by atoms with van der Waals surface area (Å²) in [6.45, 7) is 0.697. The minimum Gasteiger partial charge on any atom is -0.347 e. The maximum Gasteiger partial charge on any atom is 0.244 e. The highest BCUT2D eigenvalue weighted by atomic mass is 35.5. The molecule has 1 aromatic carbocycles. The van der Waals surface area contributed by atoms with Crippen LogP contribution in [0.2, 0.25) is 0 Å². The minimum absolute atomic E-state index is 0. The maximum atomic E-state index is 12.3. The molecule has 0 aliphatic rings. The number of hydrogen-bond acceptors (Lipinski definition) is 3. The van der Waals surface area contributed by atoms with Crippen LogP contribution in [0.1, 0.15) is 37.7 Å². The zero-order chi connectivity index (χ0) is 17.1. The second kappa shape index (κ2) is 12.8. The van der Waals surface area contributed by atoms with Crippen molar-refractivity contribution in [3.8, 4) is 0 Å². The summed E-state index contributed by atoms with van der Waals surface area (Å²) in [5.74, 6) is -0.140. The Hall–Kier alpha value is -1.59. The van der Waals surface area contributed by atoms with Crippen molar-refractivity contribution in [3.63, 3.8) is 0 Å². The van der Waals surface area contributed by atoms with Gasteiger partial charge in [-0.15, -0.1) is 12.4 Å². The zero-order valence-electron chi connectivity index (χ0n) is 14.7. The van der Waals surface area contributed by atoms with E-state index in [1.54, 1.807) is 14.1 Å². The van der Waals surface area contributed by atoms with Crippen LogP contribution in [0.15, 0.2) is 30.3 Å². The fourth-order valence-electron chi connectivity index (χ4n) is 2.41. The Kier molecular flexibility index (Phi) is 11.9. The van der Waals surface area contributed by atoms with Crippen LogP contribution in [0.4, 0.5) is 0 Å². The first-order chi connectivity index (χ1) is 11.0. The average molecular weight is 356 g/mol. The summed E-state index contributed by atoms with van der Waals surface area (Å²) in [5.41, 5.74) is 6.49. The van der Waals surface area contributed by atoms with Gasteiger partial charge in [0.15, 0.2) is 0 Å². The van der Waals surface area contributed by atoms with Gasteiger partial charge in [0.05, 0.1) is 0 Å². The van der Waals surface area contributed by atoms with Gasteiger partial charge in [0.25, 0.3) is 0 Å². The topological polar surface area (TPSA) is 75.4 Å². The first-order valence-corrected chi connectivity index (χ1v) is 8.29.